The zero-order valence-corrected chi connectivity index (χ0v) is 13.0. The molecule has 1 fully saturated rings. The third-order valence-corrected chi connectivity index (χ3v) is 4.21. The molecule has 106 valence electrons. The predicted molar refractivity (Wildman–Crippen MR) is 84.0 cm³/mol. The Bertz CT molecular complexity index is 409. The topological polar surface area (TPSA) is 15.3 Å². The Morgan fingerprint density at radius 3 is 2.58 bits per heavy atom. The van der Waals surface area contributed by atoms with Gasteiger partial charge < -0.3 is 10.2 Å². The maximum Gasteiger partial charge on any atom is 0.0471 e. The van der Waals surface area contributed by atoms with E-state index in [2.05, 4.69) is 43.1 Å². The molecule has 19 heavy (non-hydrogen) atoms. The van der Waals surface area contributed by atoms with Crippen LogP contribution in [0.25, 0.3) is 0 Å². The lowest BCUT2D eigenvalue weighted by molar-refractivity contribution is 0.356. The zero-order valence-electron chi connectivity index (χ0n) is 12.2. The van der Waals surface area contributed by atoms with Crippen LogP contribution in [0.4, 0.5) is 5.69 Å². The van der Waals surface area contributed by atoms with Gasteiger partial charge in [0, 0.05) is 35.9 Å². The molecule has 1 aliphatic heterocycles. The minimum atomic E-state index is 0.759. The highest BCUT2D eigenvalue weighted by molar-refractivity contribution is 6.31. The molecule has 1 heterocycles. The normalized spacial score (nSPS) is 23.7. The van der Waals surface area contributed by atoms with E-state index in [1.54, 1.807) is 0 Å². The van der Waals surface area contributed by atoms with E-state index in [9.17, 15) is 0 Å². The summed E-state index contributed by atoms with van der Waals surface area (Å²) >= 11 is 6.39. The molecule has 0 saturated carbocycles. The highest BCUT2D eigenvalue weighted by atomic mass is 35.5. The molecule has 1 N–H and O–H groups in total. The van der Waals surface area contributed by atoms with Gasteiger partial charge in [-0.3, -0.25) is 0 Å². The van der Waals surface area contributed by atoms with Gasteiger partial charge in [0.1, 0.15) is 0 Å². The van der Waals surface area contributed by atoms with Gasteiger partial charge >= 0.3 is 0 Å². The standard InChI is InChI=1S/C16H25ClN2/c1-4-18-9-14-15(17)6-5-7-16(14)19-10-12(2)8-13(3)11-19/h5-7,12-13,18H,4,8-11H2,1-3H3. The molecule has 0 aromatic heterocycles. The number of benzene rings is 1. The zero-order chi connectivity index (χ0) is 13.8. The van der Waals surface area contributed by atoms with Crippen molar-refractivity contribution < 1.29 is 0 Å². The molecule has 2 unspecified atom stereocenters. The van der Waals surface area contributed by atoms with Crippen molar-refractivity contribution in [3.8, 4) is 0 Å². The molecule has 0 bridgehead atoms. The molecule has 1 aromatic rings. The Kier molecular flexibility index (Phi) is 5.12. The van der Waals surface area contributed by atoms with Crippen LogP contribution in [0.1, 0.15) is 32.8 Å². The Morgan fingerprint density at radius 1 is 1.26 bits per heavy atom. The molecule has 2 atom stereocenters. The van der Waals surface area contributed by atoms with Crippen molar-refractivity contribution >= 4 is 17.3 Å². The summed E-state index contributed by atoms with van der Waals surface area (Å²) < 4.78 is 0. The van der Waals surface area contributed by atoms with E-state index in [1.807, 2.05) is 6.07 Å². The van der Waals surface area contributed by atoms with Crippen LogP contribution < -0.4 is 10.2 Å². The van der Waals surface area contributed by atoms with Crippen LogP contribution >= 0.6 is 11.6 Å². The van der Waals surface area contributed by atoms with Crippen LogP contribution in [-0.2, 0) is 6.54 Å². The van der Waals surface area contributed by atoms with Crippen LogP contribution in [0.5, 0.6) is 0 Å². The van der Waals surface area contributed by atoms with Gasteiger partial charge in [0.15, 0.2) is 0 Å². The number of piperidine rings is 1. The van der Waals surface area contributed by atoms with Crippen molar-refractivity contribution in [2.75, 3.05) is 24.5 Å². The Balaban J connectivity index is 2.25. The van der Waals surface area contributed by atoms with Crippen molar-refractivity contribution in [3.05, 3.63) is 28.8 Å². The van der Waals surface area contributed by atoms with Crippen LogP contribution in [0, 0.1) is 11.8 Å². The smallest absolute Gasteiger partial charge is 0.0471 e. The van der Waals surface area contributed by atoms with E-state index in [1.165, 1.54) is 17.7 Å². The number of hydrogen-bond acceptors (Lipinski definition) is 2. The Morgan fingerprint density at radius 2 is 1.95 bits per heavy atom. The SMILES string of the molecule is CCNCc1c(Cl)cccc1N1CC(C)CC(C)C1. The van der Waals surface area contributed by atoms with Gasteiger partial charge in [-0.15, -0.1) is 0 Å². The van der Waals surface area contributed by atoms with Gasteiger partial charge in [-0.25, -0.2) is 0 Å². The first kappa shape index (κ1) is 14.7. The molecule has 2 nitrogen and oxygen atoms in total. The van der Waals surface area contributed by atoms with Gasteiger partial charge in [0.2, 0.25) is 0 Å². The van der Waals surface area contributed by atoms with E-state index >= 15 is 0 Å². The minimum Gasteiger partial charge on any atom is -0.371 e. The fraction of sp³-hybridized carbons (Fsp3) is 0.625. The maximum absolute atomic E-state index is 6.39. The van der Waals surface area contributed by atoms with Crippen molar-refractivity contribution in [3.63, 3.8) is 0 Å². The summed E-state index contributed by atoms with van der Waals surface area (Å²) in [4.78, 5) is 2.51. The van der Waals surface area contributed by atoms with Gasteiger partial charge in [-0.1, -0.05) is 38.4 Å². The fourth-order valence-electron chi connectivity index (χ4n) is 3.13. The monoisotopic (exact) mass is 280 g/mol. The van der Waals surface area contributed by atoms with Gasteiger partial charge in [0.25, 0.3) is 0 Å². The summed E-state index contributed by atoms with van der Waals surface area (Å²) in [5, 5.41) is 4.28. The quantitative estimate of drug-likeness (QED) is 0.899. The number of nitrogens with zero attached hydrogens (tertiary/aromatic N) is 1. The van der Waals surface area contributed by atoms with E-state index in [-0.39, 0.29) is 0 Å². The molecular formula is C16H25ClN2. The molecule has 1 aromatic carbocycles. The van der Waals surface area contributed by atoms with E-state index in [0.29, 0.717) is 0 Å². The summed E-state index contributed by atoms with van der Waals surface area (Å²) in [5.74, 6) is 1.52. The van der Waals surface area contributed by atoms with Gasteiger partial charge in [-0.2, -0.15) is 0 Å². The lowest BCUT2D eigenvalue weighted by atomic mass is 9.91. The molecule has 2 rings (SSSR count). The fourth-order valence-corrected chi connectivity index (χ4v) is 3.36. The lowest BCUT2D eigenvalue weighted by Crippen LogP contribution is -2.39. The molecule has 1 saturated heterocycles. The molecular weight excluding hydrogens is 256 g/mol. The summed E-state index contributed by atoms with van der Waals surface area (Å²) in [6, 6.07) is 6.27. The second kappa shape index (κ2) is 6.62. The van der Waals surface area contributed by atoms with Crippen LogP contribution in [-0.4, -0.2) is 19.6 Å². The molecule has 1 aliphatic rings. The molecule has 0 aliphatic carbocycles. The third kappa shape index (κ3) is 3.64. The molecule has 0 radical (unpaired) electrons. The Hall–Kier alpha value is -0.730. The van der Waals surface area contributed by atoms with Crippen LogP contribution in [0.3, 0.4) is 0 Å². The molecule has 0 spiro atoms. The van der Waals surface area contributed by atoms with Gasteiger partial charge in [-0.05, 0) is 36.9 Å². The van der Waals surface area contributed by atoms with E-state index in [4.69, 9.17) is 11.6 Å². The Labute approximate surface area is 122 Å². The number of halogens is 1. The van der Waals surface area contributed by atoms with Crippen molar-refractivity contribution in [1.29, 1.82) is 0 Å². The minimum absolute atomic E-state index is 0.759. The highest BCUT2D eigenvalue weighted by Crippen LogP contribution is 2.32. The van der Waals surface area contributed by atoms with Gasteiger partial charge in [0.05, 0.1) is 0 Å². The van der Waals surface area contributed by atoms with E-state index < -0.39 is 0 Å². The summed E-state index contributed by atoms with van der Waals surface area (Å²) in [7, 11) is 0. The first-order valence-corrected chi connectivity index (χ1v) is 7.72. The molecule has 0 amide bonds. The van der Waals surface area contributed by atoms with Crippen LogP contribution in [0.2, 0.25) is 5.02 Å². The summed E-state index contributed by atoms with van der Waals surface area (Å²) in [6.07, 6.45) is 1.33. The number of rotatable bonds is 4. The number of nitrogens with one attached hydrogen (secondary N) is 1. The summed E-state index contributed by atoms with van der Waals surface area (Å²) in [5.41, 5.74) is 2.55. The maximum atomic E-state index is 6.39. The van der Waals surface area contributed by atoms with Crippen molar-refractivity contribution in [2.45, 2.75) is 33.7 Å². The number of anilines is 1. The highest BCUT2D eigenvalue weighted by Gasteiger charge is 2.23. The van der Waals surface area contributed by atoms with E-state index in [0.717, 1.165) is 43.0 Å². The molecule has 3 heteroatoms. The second-order valence-corrected chi connectivity index (χ2v) is 6.28. The van der Waals surface area contributed by atoms with Crippen molar-refractivity contribution in [2.24, 2.45) is 11.8 Å². The first-order chi connectivity index (χ1) is 9.11. The third-order valence-electron chi connectivity index (χ3n) is 3.86. The first-order valence-electron chi connectivity index (χ1n) is 7.34. The average molecular weight is 281 g/mol. The second-order valence-electron chi connectivity index (χ2n) is 5.87. The largest absolute Gasteiger partial charge is 0.371 e. The summed E-state index contributed by atoms with van der Waals surface area (Å²) in [6.45, 7) is 10.9. The predicted octanol–water partition coefficient (Wildman–Crippen LogP) is 3.93. The average Bonchev–Trinajstić information content (AvgIpc) is 2.36. The van der Waals surface area contributed by atoms with Crippen molar-refractivity contribution in [1.82, 2.24) is 5.32 Å². The number of hydrogen-bond donors (Lipinski definition) is 1. The lowest BCUT2D eigenvalue weighted by Gasteiger charge is -2.38. The van der Waals surface area contributed by atoms with Crippen LogP contribution in [0.15, 0.2) is 18.2 Å².